The van der Waals surface area contributed by atoms with Crippen LogP contribution >= 0.6 is 0 Å². The topological polar surface area (TPSA) is 188 Å². The van der Waals surface area contributed by atoms with Crippen LogP contribution in [0.4, 0.5) is 8.78 Å². The van der Waals surface area contributed by atoms with Crippen LogP contribution in [0.25, 0.3) is 0 Å². The molecule has 0 aromatic heterocycles. The van der Waals surface area contributed by atoms with Crippen molar-refractivity contribution < 1.29 is 71.7 Å². The zero-order chi connectivity index (χ0) is 50.2. The highest BCUT2D eigenvalue weighted by molar-refractivity contribution is 6.39. The van der Waals surface area contributed by atoms with Crippen molar-refractivity contribution in [2.75, 3.05) is 34.5 Å². The highest BCUT2D eigenvalue weighted by Crippen LogP contribution is 2.40. The van der Waals surface area contributed by atoms with Gasteiger partial charge >= 0.3 is 5.97 Å². The molecule has 382 valence electrons. The Morgan fingerprint density at radius 1 is 0.912 bits per heavy atom. The number of benzene rings is 1. The molecular formula is C52H77F2NO13. The van der Waals surface area contributed by atoms with Crippen molar-refractivity contribution in [3.8, 4) is 0 Å². The van der Waals surface area contributed by atoms with Crippen LogP contribution in [-0.2, 0) is 47.6 Å². The predicted molar refractivity (Wildman–Crippen MR) is 248 cm³/mol. The van der Waals surface area contributed by atoms with E-state index in [0.717, 1.165) is 22.6 Å². The summed E-state index contributed by atoms with van der Waals surface area (Å²) >= 11 is 0. The summed E-state index contributed by atoms with van der Waals surface area (Å²) in [6, 6.07) is 0.987. The lowest BCUT2D eigenvalue weighted by atomic mass is 9.81. The van der Waals surface area contributed by atoms with Crippen LogP contribution in [0.5, 0.6) is 0 Å². The first kappa shape index (κ1) is 55.4. The number of esters is 1. The number of ketones is 2. The molecule has 1 aromatic rings. The molecule has 5 rings (SSSR count). The number of nitrogens with zero attached hydrogens (tertiary/aromatic N) is 1. The fourth-order valence-electron chi connectivity index (χ4n) is 10.7. The van der Waals surface area contributed by atoms with E-state index in [1.807, 2.05) is 32.9 Å². The van der Waals surface area contributed by atoms with Gasteiger partial charge in [-0.15, -0.1) is 0 Å². The molecule has 3 fully saturated rings. The molecule has 15 atom stereocenters. The zero-order valence-electron chi connectivity index (χ0n) is 41.7. The van der Waals surface area contributed by atoms with Gasteiger partial charge < -0.3 is 48.6 Å². The summed E-state index contributed by atoms with van der Waals surface area (Å²) in [5.74, 6) is -9.56. The molecule has 4 aliphatic rings. The maximum Gasteiger partial charge on any atom is 0.329 e. The maximum atomic E-state index is 14.5. The van der Waals surface area contributed by atoms with Crippen molar-refractivity contribution in [3.05, 3.63) is 58.2 Å². The smallest absolute Gasteiger partial charge is 0.329 e. The van der Waals surface area contributed by atoms with E-state index in [-0.39, 0.29) is 61.2 Å². The van der Waals surface area contributed by atoms with Crippen molar-refractivity contribution in [3.63, 3.8) is 0 Å². The molecule has 15 unspecified atom stereocenters. The third-order valence-electron chi connectivity index (χ3n) is 15.0. The number of amides is 1. The number of aliphatic hydroxyl groups excluding tert-OH is 2. The van der Waals surface area contributed by atoms with Crippen molar-refractivity contribution in [2.24, 2.45) is 29.6 Å². The molecule has 2 saturated heterocycles. The van der Waals surface area contributed by atoms with Gasteiger partial charge in [0.05, 0.1) is 37.1 Å². The summed E-state index contributed by atoms with van der Waals surface area (Å²) < 4.78 is 64.7. The highest BCUT2D eigenvalue weighted by atomic mass is 19.1. The number of halogens is 2. The quantitative estimate of drug-likeness (QED) is 0.126. The summed E-state index contributed by atoms with van der Waals surface area (Å²) in [5, 5.41) is 34.7. The Kier molecular flexibility index (Phi) is 20.0. The van der Waals surface area contributed by atoms with E-state index in [2.05, 4.69) is 0 Å². The Morgan fingerprint density at radius 2 is 1.56 bits per heavy atom. The van der Waals surface area contributed by atoms with Crippen LogP contribution in [0.1, 0.15) is 129 Å². The number of ether oxygens (including phenoxy) is 6. The lowest BCUT2D eigenvalue weighted by Crippen LogP contribution is -2.64. The van der Waals surface area contributed by atoms with Gasteiger partial charge in [-0.25, -0.2) is 13.6 Å². The number of fused-ring (bicyclic) bond motifs is 3. The molecule has 1 aromatic carbocycles. The molecule has 2 bridgehead atoms. The molecule has 3 aliphatic heterocycles. The number of rotatable bonds is 10. The Balaban J connectivity index is 1.44. The summed E-state index contributed by atoms with van der Waals surface area (Å²) in [5.41, 5.74) is 1.48. The molecule has 1 saturated carbocycles. The molecule has 1 amide bonds. The van der Waals surface area contributed by atoms with Crippen LogP contribution in [-0.4, -0.2) is 133 Å². The summed E-state index contributed by atoms with van der Waals surface area (Å²) in [4.78, 5) is 58.3. The zero-order valence-corrected chi connectivity index (χ0v) is 41.7. The summed E-state index contributed by atoms with van der Waals surface area (Å²) in [7, 11) is 4.58. The van der Waals surface area contributed by atoms with Crippen LogP contribution in [0, 0.1) is 48.1 Å². The number of cyclic esters (lactones) is 1. The number of hydrogen-bond acceptors (Lipinski definition) is 13. The number of allylic oxidation sites excluding steroid dienone is 3. The van der Waals surface area contributed by atoms with Crippen LogP contribution in [0.2, 0.25) is 0 Å². The lowest BCUT2D eigenvalue weighted by molar-refractivity contribution is -0.302. The number of carbonyl (C=O) groups excluding carboxylic acids is 4. The molecular weight excluding hydrogens is 885 g/mol. The van der Waals surface area contributed by atoms with E-state index in [1.165, 1.54) is 21.1 Å². The van der Waals surface area contributed by atoms with E-state index in [9.17, 15) is 43.3 Å². The second-order valence-electron chi connectivity index (χ2n) is 20.1. The van der Waals surface area contributed by atoms with Gasteiger partial charge in [0, 0.05) is 57.6 Å². The fourth-order valence-corrected chi connectivity index (χ4v) is 10.7. The molecule has 3 N–H and O–H groups in total. The van der Waals surface area contributed by atoms with Gasteiger partial charge in [-0.05, 0) is 120 Å². The fraction of sp³-hybridized carbons (Fsp3) is 0.731. The maximum absolute atomic E-state index is 14.5. The highest BCUT2D eigenvalue weighted by Gasteiger charge is 2.56. The second-order valence-corrected chi connectivity index (χ2v) is 20.1. The van der Waals surface area contributed by atoms with E-state index < -0.39 is 108 Å². The van der Waals surface area contributed by atoms with Crippen molar-refractivity contribution in [2.45, 2.75) is 180 Å². The Bertz CT molecular complexity index is 1950. The number of Topliss-reactive ketones (excluding diaryl/α,β-unsaturated/α-hetero) is 2. The Hall–Kier alpha value is -3.48. The Labute approximate surface area is 401 Å². The molecule has 16 heteroatoms. The SMILES string of the molecule is CCC1C=C(C)CC(C)CC(OC)C2OC(O)(C(=O)C(=O)N3CCCCC3C(=O)OC(C(C)=CC3CCC(OCC(O)c4cc(F)c(C)c(F)c4)C(OC)C3)C(C)C(O)CC1=O)C(C)CC2OC. The van der Waals surface area contributed by atoms with Crippen molar-refractivity contribution in [1.82, 2.24) is 4.90 Å². The molecule has 0 radical (unpaired) electrons. The van der Waals surface area contributed by atoms with Gasteiger partial charge in [-0.1, -0.05) is 45.4 Å². The standard InChI is InChI=1S/C52H77F2NO13/c1-11-35-19-28(2)18-29(3)20-45(64-9)48-46(65-10)22-31(5)52(62,68-48)49(59)50(60)55-17-13-12-14-39(55)51(61)67-47(33(7)40(56)26-41(35)57)30(4)21-34-15-16-43(44(23-34)63-8)66-27-42(58)36-24-37(53)32(6)38(54)25-36/h19,21,24-25,29,31,33-35,39-40,42-48,56,58,62H,11-18,20,22-23,26-27H2,1-10H3. The average Bonchev–Trinajstić information content (AvgIpc) is 3.31. The number of aliphatic hydroxyl groups is 3. The minimum absolute atomic E-state index is 0.000167. The normalized spacial score (nSPS) is 36.0. The van der Waals surface area contributed by atoms with Crippen molar-refractivity contribution >= 4 is 23.4 Å². The molecule has 1 aliphatic carbocycles. The van der Waals surface area contributed by atoms with E-state index in [0.29, 0.717) is 56.9 Å². The van der Waals surface area contributed by atoms with Gasteiger partial charge in [-0.3, -0.25) is 14.4 Å². The van der Waals surface area contributed by atoms with Crippen LogP contribution in [0.3, 0.4) is 0 Å². The van der Waals surface area contributed by atoms with Gasteiger partial charge in [0.2, 0.25) is 5.79 Å². The number of carbonyl (C=O) groups is 4. The first-order valence-corrected chi connectivity index (χ1v) is 24.5. The number of piperidine rings is 1. The monoisotopic (exact) mass is 962 g/mol. The molecule has 68 heavy (non-hydrogen) atoms. The second kappa shape index (κ2) is 24.6. The van der Waals surface area contributed by atoms with Gasteiger partial charge in [0.25, 0.3) is 11.7 Å². The first-order valence-electron chi connectivity index (χ1n) is 24.5. The lowest BCUT2D eigenvalue weighted by Gasteiger charge is -2.47. The molecule has 14 nitrogen and oxygen atoms in total. The largest absolute Gasteiger partial charge is 0.456 e. The third-order valence-corrected chi connectivity index (χ3v) is 15.0. The van der Waals surface area contributed by atoms with Gasteiger partial charge in [0.1, 0.15) is 41.8 Å². The summed E-state index contributed by atoms with van der Waals surface area (Å²) in [6.07, 6.45) is 1.63. The van der Waals surface area contributed by atoms with E-state index in [1.54, 1.807) is 27.9 Å². The van der Waals surface area contributed by atoms with Crippen LogP contribution in [0.15, 0.2) is 35.4 Å². The minimum atomic E-state index is -2.55. The molecule has 0 spiro atoms. The number of hydrogen-bond donors (Lipinski definition) is 3. The third kappa shape index (κ3) is 13.1. The number of methoxy groups -OCH3 is 3. The molecule has 3 heterocycles. The Morgan fingerprint density at radius 3 is 2.19 bits per heavy atom. The average molecular weight is 962 g/mol. The van der Waals surface area contributed by atoms with E-state index in [4.69, 9.17) is 28.4 Å². The van der Waals surface area contributed by atoms with Gasteiger partial charge in [0.15, 0.2) is 0 Å². The van der Waals surface area contributed by atoms with Gasteiger partial charge in [-0.2, -0.15) is 0 Å². The predicted octanol–water partition coefficient (Wildman–Crippen LogP) is 6.82. The first-order chi connectivity index (χ1) is 32.2. The van der Waals surface area contributed by atoms with Crippen molar-refractivity contribution in [1.29, 1.82) is 0 Å². The summed E-state index contributed by atoms with van der Waals surface area (Å²) in [6.45, 7) is 12.2. The van der Waals surface area contributed by atoms with Crippen LogP contribution < -0.4 is 0 Å². The minimum Gasteiger partial charge on any atom is -0.456 e. The van der Waals surface area contributed by atoms with E-state index >= 15 is 0 Å².